The maximum absolute atomic E-state index is 12.0. The molecule has 2 rings (SSSR count). The van der Waals surface area contributed by atoms with Crippen LogP contribution < -0.4 is 4.90 Å². The van der Waals surface area contributed by atoms with Crippen LogP contribution in [-0.2, 0) is 14.3 Å². The van der Waals surface area contributed by atoms with Crippen molar-refractivity contribution in [2.75, 3.05) is 25.3 Å². The van der Waals surface area contributed by atoms with E-state index >= 15 is 0 Å². The molecule has 1 amide bonds. The molecule has 0 aromatic heterocycles. The number of benzene rings is 1. The summed E-state index contributed by atoms with van der Waals surface area (Å²) >= 11 is 12.3. The third-order valence-corrected chi connectivity index (χ3v) is 3.61. The number of carbonyl (C=O) groups is 1. The summed E-state index contributed by atoms with van der Waals surface area (Å²) in [6.45, 7) is 0.647. The van der Waals surface area contributed by atoms with Crippen molar-refractivity contribution in [3.63, 3.8) is 0 Å². The summed E-state index contributed by atoms with van der Waals surface area (Å²) < 4.78 is 10.4. The molecule has 1 aliphatic heterocycles. The highest BCUT2D eigenvalue weighted by Crippen LogP contribution is 2.35. The van der Waals surface area contributed by atoms with Crippen LogP contribution in [0.25, 0.3) is 0 Å². The van der Waals surface area contributed by atoms with E-state index in [1.807, 2.05) is 0 Å². The Morgan fingerprint density at radius 2 is 2.05 bits per heavy atom. The molecular weight excluding hydrogens is 289 g/mol. The van der Waals surface area contributed by atoms with Gasteiger partial charge in [0, 0.05) is 13.5 Å². The lowest BCUT2D eigenvalue weighted by Gasteiger charge is -2.33. The standard InChI is InChI=1S/C13H15Cl2NO3/c1-18-8-19-9-5-6-12(17)16(7-9)13-10(14)3-2-4-11(13)15/h2-4,9H,5-8H2,1H3. The monoisotopic (exact) mass is 303 g/mol. The predicted octanol–water partition coefficient (Wildman–Crippen LogP) is 3.11. The minimum absolute atomic E-state index is 0.00673. The molecule has 1 unspecified atom stereocenters. The van der Waals surface area contributed by atoms with Crippen molar-refractivity contribution >= 4 is 34.8 Å². The first kappa shape index (κ1) is 14.6. The van der Waals surface area contributed by atoms with Crippen molar-refractivity contribution in [1.29, 1.82) is 0 Å². The molecule has 0 bridgehead atoms. The highest BCUT2D eigenvalue weighted by atomic mass is 35.5. The van der Waals surface area contributed by atoms with Gasteiger partial charge in [-0.25, -0.2) is 0 Å². The van der Waals surface area contributed by atoms with Gasteiger partial charge in [-0.3, -0.25) is 4.79 Å². The molecule has 0 radical (unpaired) electrons. The SMILES string of the molecule is COCOC1CCC(=O)N(c2c(Cl)cccc2Cl)C1. The third-order valence-electron chi connectivity index (χ3n) is 3.00. The zero-order chi connectivity index (χ0) is 13.8. The van der Waals surface area contributed by atoms with Gasteiger partial charge in [0.1, 0.15) is 6.79 Å². The average molecular weight is 304 g/mol. The molecule has 0 saturated carbocycles. The number of ether oxygens (including phenoxy) is 2. The number of rotatable bonds is 4. The Balaban J connectivity index is 2.19. The van der Waals surface area contributed by atoms with Gasteiger partial charge in [-0.1, -0.05) is 29.3 Å². The molecule has 1 aromatic rings. The number of halogens is 2. The van der Waals surface area contributed by atoms with Gasteiger partial charge in [0.2, 0.25) is 5.91 Å². The Hall–Kier alpha value is -0.810. The maximum atomic E-state index is 12.0. The second-order valence-electron chi connectivity index (χ2n) is 4.31. The molecule has 1 atom stereocenters. The number of para-hydroxylation sites is 1. The van der Waals surface area contributed by atoms with E-state index < -0.39 is 0 Å². The van der Waals surface area contributed by atoms with E-state index in [1.165, 1.54) is 0 Å². The van der Waals surface area contributed by atoms with Crippen LogP contribution in [0.1, 0.15) is 12.8 Å². The lowest BCUT2D eigenvalue weighted by atomic mass is 10.1. The molecule has 0 aliphatic carbocycles. The average Bonchev–Trinajstić information content (AvgIpc) is 2.39. The van der Waals surface area contributed by atoms with Gasteiger partial charge in [-0.15, -0.1) is 0 Å². The number of piperidine rings is 1. The fourth-order valence-corrected chi connectivity index (χ4v) is 2.68. The van der Waals surface area contributed by atoms with E-state index in [-0.39, 0.29) is 18.8 Å². The van der Waals surface area contributed by atoms with Crippen molar-refractivity contribution in [3.05, 3.63) is 28.2 Å². The Morgan fingerprint density at radius 1 is 1.37 bits per heavy atom. The van der Waals surface area contributed by atoms with Crippen LogP contribution in [0, 0.1) is 0 Å². The molecule has 1 fully saturated rings. The van der Waals surface area contributed by atoms with Gasteiger partial charge in [-0.05, 0) is 18.6 Å². The van der Waals surface area contributed by atoms with Crippen LogP contribution >= 0.6 is 23.2 Å². The topological polar surface area (TPSA) is 38.8 Å². The van der Waals surface area contributed by atoms with Gasteiger partial charge < -0.3 is 14.4 Å². The number of anilines is 1. The number of hydrogen-bond acceptors (Lipinski definition) is 3. The molecule has 1 saturated heterocycles. The van der Waals surface area contributed by atoms with Crippen molar-refractivity contribution in [2.45, 2.75) is 18.9 Å². The van der Waals surface area contributed by atoms with E-state index in [4.69, 9.17) is 32.7 Å². The molecule has 1 heterocycles. The quantitative estimate of drug-likeness (QED) is 0.802. The second-order valence-corrected chi connectivity index (χ2v) is 5.12. The number of amides is 1. The summed E-state index contributed by atoms with van der Waals surface area (Å²) in [7, 11) is 1.57. The second kappa shape index (κ2) is 6.57. The number of carbonyl (C=O) groups excluding carboxylic acids is 1. The van der Waals surface area contributed by atoms with E-state index in [1.54, 1.807) is 30.2 Å². The summed E-state index contributed by atoms with van der Waals surface area (Å²) in [4.78, 5) is 13.6. The summed E-state index contributed by atoms with van der Waals surface area (Å²) in [6, 6.07) is 5.19. The highest BCUT2D eigenvalue weighted by Gasteiger charge is 2.29. The molecule has 1 aromatic carbocycles. The Labute approximate surface area is 122 Å². The molecule has 0 N–H and O–H groups in total. The van der Waals surface area contributed by atoms with Crippen molar-refractivity contribution in [3.8, 4) is 0 Å². The van der Waals surface area contributed by atoms with E-state index in [0.717, 1.165) is 0 Å². The van der Waals surface area contributed by atoms with Gasteiger partial charge in [-0.2, -0.15) is 0 Å². The first-order valence-corrected chi connectivity index (χ1v) is 6.74. The van der Waals surface area contributed by atoms with Gasteiger partial charge >= 0.3 is 0 Å². The van der Waals surface area contributed by atoms with Crippen LogP contribution in [0.5, 0.6) is 0 Å². The molecule has 104 valence electrons. The molecule has 1 aliphatic rings. The fraction of sp³-hybridized carbons (Fsp3) is 0.462. The maximum Gasteiger partial charge on any atom is 0.227 e. The Kier molecular flexibility index (Phi) is 5.05. The van der Waals surface area contributed by atoms with Crippen LogP contribution in [0.15, 0.2) is 18.2 Å². The van der Waals surface area contributed by atoms with Gasteiger partial charge in [0.25, 0.3) is 0 Å². The Morgan fingerprint density at radius 3 is 2.68 bits per heavy atom. The summed E-state index contributed by atoms with van der Waals surface area (Å²) in [5.41, 5.74) is 0.557. The van der Waals surface area contributed by atoms with Crippen molar-refractivity contribution < 1.29 is 14.3 Å². The Bertz CT molecular complexity index is 447. The molecule has 6 heteroatoms. The lowest BCUT2D eigenvalue weighted by Crippen LogP contribution is -2.44. The van der Waals surface area contributed by atoms with Crippen molar-refractivity contribution in [2.24, 2.45) is 0 Å². The summed E-state index contributed by atoms with van der Waals surface area (Å²) in [5, 5.41) is 0.932. The van der Waals surface area contributed by atoms with Crippen LogP contribution in [0.4, 0.5) is 5.69 Å². The first-order valence-electron chi connectivity index (χ1n) is 5.98. The third kappa shape index (κ3) is 3.39. The van der Waals surface area contributed by atoms with E-state index in [9.17, 15) is 4.79 Å². The van der Waals surface area contributed by atoms with Crippen molar-refractivity contribution in [1.82, 2.24) is 0 Å². The van der Waals surface area contributed by atoms with Crippen LogP contribution in [-0.4, -0.2) is 32.5 Å². The smallest absolute Gasteiger partial charge is 0.227 e. The molecule has 0 spiro atoms. The highest BCUT2D eigenvalue weighted by molar-refractivity contribution is 6.39. The normalized spacial score (nSPS) is 19.8. The largest absolute Gasteiger partial charge is 0.359 e. The predicted molar refractivity (Wildman–Crippen MR) is 74.8 cm³/mol. The van der Waals surface area contributed by atoms with E-state index in [2.05, 4.69) is 0 Å². The summed E-state index contributed by atoms with van der Waals surface area (Å²) in [5.74, 6) is 0.00673. The first-order chi connectivity index (χ1) is 9.13. The summed E-state index contributed by atoms with van der Waals surface area (Å²) in [6.07, 6.45) is 1.03. The molecule has 4 nitrogen and oxygen atoms in total. The molecule has 19 heavy (non-hydrogen) atoms. The van der Waals surface area contributed by atoms with Crippen LogP contribution in [0.2, 0.25) is 10.0 Å². The lowest BCUT2D eigenvalue weighted by molar-refractivity contribution is -0.124. The number of hydrogen-bond donors (Lipinski definition) is 0. The van der Waals surface area contributed by atoms with Crippen LogP contribution in [0.3, 0.4) is 0 Å². The number of nitrogens with zero attached hydrogens (tertiary/aromatic N) is 1. The van der Waals surface area contributed by atoms with Gasteiger partial charge in [0.05, 0.1) is 28.4 Å². The minimum atomic E-state index is -0.0648. The van der Waals surface area contributed by atoms with E-state index in [0.29, 0.717) is 35.1 Å². The van der Waals surface area contributed by atoms with Gasteiger partial charge in [0.15, 0.2) is 0 Å². The number of methoxy groups -OCH3 is 1. The zero-order valence-corrected chi connectivity index (χ0v) is 12.1. The minimum Gasteiger partial charge on any atom is -0.359 e. The fourth-order valence-electron chi connectivity index (χ4n) is 2.08. The zero-order valence-electron chi connectivity index (χ0n) is 10.6. The molecular formula is C13H15Cl2NO3.